The van der Waals surface area contributed by atoms with Crippen LogP contribution in [0.4, 0.5) is 11.5 Å². The van der Waals surface area contributed by atoms with Gasteiger partial charge in [0, 0.05) is 41.9 Å². The van der Waals surface area contributed by atoms with Crippen LogP contribution in [-0.4, -0.2) is 46.4 Å². The number of ether oxygens (including phenoxy) is 1. The molecular formula is C22H26Cl2N6O. The third-order valence-corrected chi connectivity index (χ3v) is 7.70. The van der Waals surface area contributed by atoms with Gasteiger partial charge in [-0.1, -0.05) is 35.3 Å². The third-order valence-electron chi connectivity index (χ3n) is 6.88. The highest BCUT2D eigenvalue weighted by Crippen LogP contribution is 2.44. The molecule has 0 aliphatic carbocycles. The molecule has 7 nitrogen and oxygen atoms in total. The van der Waals surface area contributed by atoms with E-state index in [0.717, 1.165) is 49.5 Å². The van der Waals surface area contributed by atoms with E-state index >= 15 is 0 Å². The SMILES string of the molecule is Cc1nc2c(-c3cccc(Cl)c3Cl)c(N)cc(N3CCC4(CC3)COC(C)[C@H]4N)n2n1. The summed E-state index contributed by atoms with van der Waals surface area (Å²) in [4.78, 5) is 6.98. The summed E-state index contributed by atoms with van der Waals surface area (Å²) in [5.74, 6) is 1.59. The normalized spacial score (nSPS) is 23.2. The van der Waals surface area contributed by atoms with Crippen molar-refractivity contribution in [1.29, 1.82) is 0 Å². The molecule has 4 heterocycles. The van der Waals surface area contributed by atoms with Crippen LogP contribution in [0, 0.1) is 12.3 Å². The van der Waals surface area contributed by atoms with Crippen LogP contribution in [0.25, 0.3) is 16.8 Å². The summed E-state index contributed by atoms with van der Waals surface area (Å²) in [5.41, 5.74) is 15.8. The Labute approximate surface area is 191 Å². The molecule has 4 N–H and O–H groups in total. The number of hydrogen-bond acceptors (Lipinski definition) is 6. The van der Waals surface area contributed by atoms with E-state index in [2.05, 4.69) is 21.9 Å². The summed E-state index contributed by atoms with van der Waals surface area (Å²) in [6, 6.07) is 7.54. The number of aromatic nitrogens is 3. The highest BCUT2D eigenvalue weighted by molar-refractivity contribution is 6.44. The Kier molecular flexibility index (Phi) is 5.05. The van der Waals surface area contributed by atoms with Crippen LogP contribution in [0.5, 0.6) is 0 Å². The molecule has 31 heavy (non-hydrogen) atoms. The van der Waals surface area contributed by atoms with Crippen molar-refractivity contribution in [1.82, 2.24) is 14.6 Å². The number of pyridine rings is 1. The first-order valence-electron chi connectivity index (χ1n) is 10.5. The second-order valence-electron chi connectivity index (χ2n) is 8.72. The van der Waals surface area contributed by atoms with Crippen molar-refractivity contribution in [3.05, 3.63) is 40.1 Å². The van der Waals surface area contributed by atoms with Gasteiger partial charge >= 0.3 is 0 Å². The maximum atomic E-state index is 6.56. The Morgan fingerprint density at radius 3 is 2.65 bits per heavy atom. The van der Waals surface area contributed by atoms with Gasteiger partial charge in [0.05, 0.1) is 28.3 Å². The molecule has 2 fully saturated rings. The summed E-state index contributed by atoms with van der Waals surface area (Å²) in [7, 11) is 0. The number of piperidine rings is 1. The van der Waals surface area contributed by atoms with Gasteiger partial charge in [0.15, 0.2) is 5.65 Å². The van der Waals surface area contributed by atoms with Gasteiger partial charge in [-0.15, -0.1) is 5.10 Å². The van der Waals surface area contributed by atoms with Crippen LogP contribution in [0.2, 0.25) is 10.0 Å². The second kappa shape index (κ2) is 7.52. The standard InChI is InChI=1S/C22H26Cl2N6O/c1-12-20(26)22(11-31-12)6-8-29(9-7-22)17-10-16(25)18(21-27-13(2)28-30(17)21)14-4-3-5-15(23)19(14)24/h3-5,10,12,20H,6-9,11,25-26H2,1-2H3/t12?,20-/m1/s1. The number of aryl methyl sites for hydroxylation is 1. The second-order valence-corrected chi connectivity index (χ2v) is 9.51. The molecule has 2 atom stereocenters. The minimum Gasteiger partial charge on any atom is -0.398 e. The van der Waals surface area contributed by atoms with Crippen LogP contribution in [0.15, 0.2) is 24.3 Å². The lowest BCUT2D eigenvalue weighted by Gasteiger charge is -2.42. The Bertz CT molecular complexity index is 1150. The molecule has 0 saturated carbocycles. The maximum absolute atomic E-state index is 6.56. The fourth-order valence-electron chi connectivity index (χ4n) is 4.99. The van der Waals surface area contributed by atoms with E-state index in [4.69, 9.17) is 39.4 Å². The number of benzene rings is 1. The number of fused-ring (bicyclic) bond motifs is 1. The zero-order valence-electron chi connectivity index (χ0n) is 17.6. The van der Waals surface area contributed by atoms with Gasteiger partial charge in [-0.2, -0.15) is 4.52 Å². The fourth-order valence-corrected chi connectivity index (χ4v) is 5.39. The van der Waals surface area contributed by atoms with Gasteiger partial charge in [0.25, 0.3) is 0 Å². The highest BCUT2D eigenvalue weighted by atomic mass is 35.5. The van der Waals surface area contributed by atoms with Gasteiger partial charge in [-0.05, 0) is 32.8 Å². The van der Waals surface area contributed by atoms with Crippen molar-refractivity contribution in [2.45, 2.75) is 38.8 Å². The van der Waals surface area contributed by atoms with E-state index in [1.807, 2.05) is 29.6 Å². The van der Waals surface area contributed by atoms with Crippen molar-refractivity contribution in [2.75, 3.05) is 30.3 Å². The summed E-state index contributed by atoms with van der Waals surface area (Å²) in [6.07, 6.45) is 2.04. The third kappa shape index (κ3) is 3.26. The smallest absolute Gasteiger partial charge is 0.167 e. The number of halogens is 2. The van der Waals surface area contributed by atoms with E-state index in [-0.39, 0.29) is 17.6 Å². The number of rotatable bonds is 2. The highest BCUT2D eigenvalue weighted by Gasteiger charge is 2.47. The number of hydrogen-bond donors (Lipinski definition) is 2. The molecule has 164 valence electrons. The Morgan fingerprint density at radius 2 is 1.97 bits per heavy atom. The first kappa shape index (κ1) is 20.8. The van der Waals surface area contributed by atoms with Crippen LogP contribution >= 0.6 is 23.2 Å². The molecule has 9 heteroatoms. The fraction of sp³-hybridized carbons (Fsp3) is 0.455. The van der Waals surface area contributed by atoms with E-state index in [9.17, 15) is 0 Å². The lowest BCUT2D eigenvalue weighted by Crippen LogP contribution is -2.51. The summed E-state index contributed by atoms with van der Waals surface area (Å²) >= 11 is 12.8. The molecule has 2 aromatic heterocycles. The van der Waals surface area contributed by atoms with Crippen LogP contribution in [0.1, 0.15) is 25.6 Å². The van der Waals surface area contributed by atoms with Gasteiger partial charge in [0.2, 0.25) is 0 Å². The molecule has 0 radical (unpaired) electrons. The summed E-state index contributed by atoms with van der Waals surface area (Å²) in [6.45, 7) is 6.38. The van der Waals surface area contributed by atoms with E-state index in [1.165, 1.54) is 0 Å². The van der Waals surface area contributed by atoms with Crippen molar-refractivity contribution in [2.24, 2.45) is 11.1 Å². The first-order valence-corrected chi connectivity index (χ1v) is 11.3. The van der Waals surface area contributed by atoms with Crippen molar-refractivity contribution in [3.63, 3.8) is 0 Å². The Balaban J connectivity index is 1.56. The molecule has 3 aromatic rings. The molecule has 1 aromatic carbocycles. The molecule has 1 unspecified atom stereocenters. The monoisotopic (exact) mass is 460 g/mol. The molecule has 0 amide bonds. The zero-order chi connectivity index (χ0) is 21.9. The molecule has 1 spiro atoms. The van der Waals surface area contributed by atoms with E-state index in [0.29, 0.717) is 27.2 Å². The van der Waals surface area contributed by atoms with Gasteiger partial charge in [-0.25, -0.2) is 4.98 Å². The summed E-state index contributed by atoms with van der Waals surface area (Å²) in [5, 5.41) is 5.60. The van der Waals surface area contributed by atoms with Crippen molar-refractivity contribution >= 4 is 40.4 Å². The number of anilines is 2. The minimum atomic E-state index is 0.0487. The van der Waals surface area contributed by atoms with Gasteiger partial charge in [0.1, 0.15) is 11.6 Å². The first-order chi connectivity index (χ1) is 14.8. The molecular weight excluding hydrogens is 435 g/mol. The quantitative estimate of drug-likeness (QED) is 0.601. The molecule has 2 aliphatic rings. The van der Waals surface area contributed by atoms with Crippen molar-refractivity contribution < 1.29 is 4.74 Å². The zero-order valence-corrected chi connectivity index (χ0v) is 19.1. The maximum Gasteiger partial charge on any atom is 0.167 e. The van der Waals surface area contributed by atoms with Crippen molar-refractivity contribution in [3.8, 4) is 11.1 Å². The lowest BCUT2D eigenvalue weighted by molar-refractivity contribution is 0.0974. The van der Waals surface area contributed by atoms with Crippen LogP contribution in [0.3, 0.4) is 0 Å². The molecule has 2 aliphatic heterocycles. The predicted molar refractivity (Wildman–Crippen MR) is 125 cm³/mol. The Morgan fingerprint density at radius 1 is 1.23 bits per heavy atom. The largest absolute Gasteiger partial charge is 0.398 e. The average molecular weight is 461 g/mol. The van der Waals surface area contributed by atoms with E-state index < -0.39 is 0 Å². The number of nitrogens with two attached hydrogens (primary N) is 2. The molecule has 5 rings (SSSR count). The van der Waals surface area contributed by atoms with Gasteiger partial charge < -0.3 is 21.1 Å². The summed E-state index contributed by atoms with van der Waals surface area (Å²) < 4.78 is 7.73. The topological polar surface area (TPSA) is 94.7 Å². The van der Waals surface area contributed by atoms with Crippen LogP contribution in [-0.2, 0) is 4.74 Å². The molecule has 0 bridgehead atoms. The lowest BCUT2D eigenvalue weighted by atomic mass is 9.73. The van der Waals surface area contributed by atoms with E-state index in [1.54, 1.807) is 6.07 Å². The number of nitrogens with zero attached hydrogens (tertiary/aromatic N) is 4. The minimum absolute atomic E-state index is 0.0487. The average Bonchev–Trinajstić information content (AvgIpc) is 3.26. The predicted octanol–water partition coefficient (Wildman–Crippen LogP) is 3.93. The molecule has 2 saturated heterocycles. The Hall–Kier alpha value is -2.06. The van der Waals surface area contributed by atoms with Crippen LogP contribution < -0.4 is 16.4 Å². The van der Waals surface area contributed by atoms with Gasteiger partial charge in [-0.3, -0.25) is 0 Å². The number of nitrogen functional groups attached to an aromatic ring is 1.